The molecule has 152 valence electrons. The number of quaternary nitrogens is 1. The number of amides is 1. The highest BCUT2D eigenvalue weighted by Gasteiger charge is 2.22. The standard InChI is InChI=1S/C20H26ClN3O3S/c1-14(2)23-28(26,27)19-10-8-18(9-11-19)22-20(25)15(3)24(4)13-16-6-5-7-17(21)12-16/h5-12,14-15,23H,13H2,1-4H3,(H,22,25)/p+1/t15-/m1/s1. The topological polar surface area (TPSA) is 79.7 Å². The van der Waals surface area contributed by atoms with Crippen LogP contribution in [0.4, 0.5) is 5.69 Å². The van der Waals surface area contributed by atoms with Crippen molar-refractivity contribution >= 4 is 33.2 Å². The highest BCUT2D eigenvalue weighted by molar-refractivity contribution is 7.89. The second kappa shape index (κ2) is 9.52. The van der Waals surface area contributed by atoms with Crippen LogP contribution < -0.4 is 14.9 Å². The molecule has 2 aromatic rings. The summed E-state index contributed by atoms with van der Waals surface area (Å²) in [6.45, 7) is 6.03. The molecule has 0 aliphatic carbocycles. The Morgan fingerprint density at radius 3 is 2.32 bits per heavy atom. The van der Waals surface area contributed by atoms with Crippen LogP contribution in [-0.4, -0.2) is 33.5 Å². The lowest BCUT2D eigenvalue weighted by Gasteiger charge is -2.21. The maximum atomic E-state index is 12.5. The molecular formula is C20H27ClN3O3S+. The molecule has 8 heteroatoms. The van der Waals surface area contributed by atoms with E-state index in [1.54, 1.807) is 26.0 Å². The predicted molar refractivity (Wildman–Crippen MR) is 112 cm³/mol. The van der Waals surface area contributed by atoms with Crippen LogP contribution in [0.2, 0.25) is 5.02 Å². The van der Waals surface area contributed by atoms with Crippen molar-refractivity contribution < 1.29 is 18.1 Å². The van der Waals surface area contributed by atoms with Gasteiger partial charge >= 0.3 is 0 Å². The lowest BCUT2D eigenvalue weighted by Crippen LogP contribution is -3.12. The van der Waals surface area contributed by atoms with Crippen molar-refractivity contribution in [2.45, 2.75) is 44.3 Å². The Bertz CT molecular complexity index is 915. The number of likely N-dealkylation sites (N-methyl/N-ethyl adjacent to an activating group) is 1. The average molecular weight is 425 g/mol. The molecule has 0 heterocycles. The summed E-state index contributed by atoms with van der Waals surface area (Å²) in [4.78, 5) is 13.7. The third kappa shape index (κ3) is 6.31. The maximum absolute atomic E-state index is 12.5. The third-order valence-electron chi connectivity index (χ3n) is 4.33. The summed E-state index contributed by atoms with van der Waals surface area (Å²) in [5.74, 6) is -0.143. The van der Waals surface area contributed by atoms with Crippen LogP contribution in [-0.2, 0) is 21.4 Å². The largest absolute Gasteiger partial charge is 0.324 e. The lowest BCUT2D eigenvalue weighted by molar-refractivity contribution is -0.907. The van der Waals surface area contributed by atoms with Crippen molar-refractivity contribution in [3.05, 3.63) is 59.1 Å². The summed E-state index contributed by atoms with van der Waals surface area (Å²) in [7, 11) is -1.61. The van der Waals surface area contributed by atoms with E-state index in [1.807, 2.05) is 38.2 Å². The number of halogens is 1. The first-order valence-corrected chi connectivity index (χ1v) is 10.9. The smallest absolute Gasteiger partial charge is 0.282 e. The van der Waals surface area contributed by atoms with Crippen molar-refractivity contribution in [1.29, 1.82) is 0 Å². The van der Waals surface area contributed by atoms with Gasteiger partial charge in [-0.3, -0.25) is 4.79 Å². The molecule has 0 aliphatic heterocycles. The highest BCUT2D eigenvalue weighted by Crippen LogP contribution is 2.14. The fourth-order valence-corrected chi connectivity index (χ4v) is 4.16. The first kappa shape index (κ1) is 22.4. The van der Waals surface area contributed by atoms with Crippen LogP contribution in [0.1, 0.15) is 26.3 Å². The zero-order valence-corrected chi connectivity index (χ0v) is 18.1. The van der Waals surface area contributed by atoms with Gasteiger partial charge in [0.2, 0.25) is 10.0 Å². The van der Waals surface area contributed by atoms with Crippen molar-refractivity contribution in [2.24, 2.45) is 0 Å². The quantitative estimate of drug-likeness (QED) is 0.607. The average Bonchev–Trinajstić information content (AvgIpc) is 2.60. The Balaban J connectivity index is 1.99. The molecule has 0 radical (unpaired) electrons. The molecule has 1 unspecified atom stereocenters. The molecule has 28 heavy (non-hydrogen) atoms. The number of rotatable bonds is 8. The van der Waals surface area contributed by atoms with Gasteiger partial charge in [0.15, 0.2) is 6.04 Å². The minimum absolute atomic E-state index is 0.143. The van der Waals surface area contributed by atoms with Crippen LogP contribution in [0.3, 0.4) is 0 Å². The van der Waals surface area contributed by atoms with Gasteiger partial charge in [-0.1, -0.05) is 23.7 Å². The Morgan fingerprint density at radius 2 is 1.75 bits per heavy atom. The van der Waals surface area contributed by atoms with Gasteiger partial charge in [-0.05, 0) is 57.2 Å². The highest BCUT2D eigenvalue weighted by atomic mass is 35.5. The summed E-state index contributed by atoms with van der Waals surface area (Å²) in [6.07, 6.45) is 0. The van der Waals surface area contributed by atoms with Crippen molar-refractivity contribution in [2.75, 3.05) is 12.4 Å². The molecule has 2 atom stereocenters. The molecule has 0 aromatic heterocycles. The molecule has 1 amide bonds. The molecular weight excluding hydrogens is 398 g/mol. The van der Waals surface area contributed by atoms with E-state index in [-0.39, 0.29) is 22.9 Å². The zero-order valence-electron chi connectivity index (χ0n) is 16.5. The minimum Gasteiger partial charge on any atom is -0.324 e. The van der Waals surface area contributed by atoms with Gasteiger partial charge < -0.3 is 10.2 Å². The molecule has 2 aromatic carbocycles. The Hall–Kier alpha value is -1.93. The number of hydrogen-bond donors (Lipinski definition) is 3. The van der Waals surface area contributed by atoms with E-state index < -0.39 is 10.0 Å². The van der Waals surface area contributed by atoms with Crippen molar-refractivity contribution in [3.8, 4) is 0 Å². The summed E-state index contributed by atoms with van der Waals surface area (Å²) in [5.41, 5.74) is 1.60. The fraction of sp³-hybridized carbons (Fsp3) is 0.350. The molecule has 3 N–H and O–H groups in total. The monoisotopic (exact) mass is 424 g/mol. The van der Waals surface area contributed by atoms with Gasteiger partial charge in [0, 0.05) is 22.3 Å². The van der Waals surface area contributed by atoms with Gasteiger partial charge in [-0.15, -0.1) is 0 Å². The number of sulfonamides is 1. The number of carbonyl (C=O) groups is 1. The molecule has 0 spiro atoms. The van der Waals surface area contributed by atoms with E-state index in [1.165, 1.54) is 12.1 Å². The van der Waals surface area contributed by atoms with Crippen molar-refractivity contribution in [3.63, 3.8) is 0 Å². The van der Waals surface area contributed by atoms with E-state index in [4.69, 9.17) is 11.6 Å². The van der Waals surface area contributed by atoms with E-state index in [0.717, 1.165) is 10.5 Å². The van der Waals surface area contributed by atoms with E-state index in [0.29, 0.717) is 17.3 Å². The number of nitrogens with one attached hydrogen (secondary N) is 3. The second-order valence-corrected chi connectivity index (χ2v) is 9.31. The first-order chi connectivity index (χ1) is 13.1. The number of carbonyl (C=O) groups excluding carboxylic acids is 1. The van der Waals surface area contributed by atoms with E-state index in [9.17, 15) is 13.2 Å². The number of benzene rings is 2. The molecule has 0 bridgehead atoms. The SMILES string of the molecule is CC(C)NS(=O)(=O)c1ccc(NC(=O)[C@@H](C)[NH+](C)Cc2cccc(Cl)c2)cc1. The number of hydrogen-bond acceptors (Lipinski definition) is 3. The molecule has 0 fully saturated rings. The Labute approximate surface area is 171 Å². The normalized spacial score (nSPS) is 13.9. The first-order valence-electron chi connectivity index (χ1n) is 9.08. The van der Waals surface area contributed by atoms with Gasteiger partial charge in [-0.2, -0.15) is 0 Å². The van der Waals surface area contributed by atoms with Crippen LogP contribution in [0, 0.1) is 0 Å². The van der Waals surface area contributed by atoms with Gasteiger partial charge in [-0.25, -0.2) is 13.1 Å². The maximum Gasteiger partial charge on any atom is 0.282 e. The second-order valence-electron chi connectivity index (χ2n) is 7.16. The Morgan fingerprint density at radius 1 is 1.11 bits per heavy atom. The van der Waals surface area contributed by atoms with Crippen LogP contribution in [0.15, 0.2) is 53.4 Å². The molecule has 0 saturated heterocycles. The van der Waals surface area contributed by atoms with E-state index >= 15 is 0 Å². The molecule has 0 saturated carbocycles. The molecule has 0 aliphatic rings. The molecule has 2 rings (SSSR count). The van der Waals surface area contributed by atoms with Crippen LogP contribution in [0.5, 0.6) is 0 Å². The minimum atomic E-state index is -3.55. The summed E-state index contributed by atoms with van der Waals surface area (Å²) < 4.78 is 26.8. The predicted octanol–water partition coefficient (Wildman–Crippen LogP) is 2.07. The van der Waals surface area contributed by atoms with Crippen molar-refractivity contribution in [1.82, 2.24) is 4.72 Å². The van der Waals surface area contributed by atoms with Crippen LogP contribution >= 0.6 is 11.6 Å². The summed E-state index contributed by atoms with van der Waals surface area (Å²) in [5, 5.41) is 3.51. The summed E-state index contributed by atoms with van der Waals surface area (Å²) >= 11 is 6.01. The zero-order chi connectivity index (χ0) is 20.9. The fourth-order valence-electron chi connectivity index (χ4n) is 2.69. The van der Waals surface area contributed by atoms with Gasteiger partial charge in [0.05, 0.1) is 11.9 Å². The third-order valence-corrected chi connectivity index (χ3v) is 6.24. The van der Waals surface area contributed by atoms with Gasteiger partial charge in [0.25, 0.3) is 5.91 Å². The molecule has 6 nitrogen and oxygen atoms in total. The lowest BCUT2D eigenvalue weighted by atomic mass is 10.2. The van der Waals surface area contributed by atoms with Crippen LogP contribution in [0.25, 0.3) is 0 Å². The Kier molecular flexibility index (Phi) is 7.60. The number of anilines is 1. The summed E-state index contributed by atoms with van der Waals surface area (Å²) in [6, 6.07) is 13.2. The van der Waals surface area contributed by atoms with Gasteiger partial charge in [0.1, 0.15) is 6.54 Å². The van der Waals surface area contributed by atoms with E-state index in [2.05, 4.69) is 10.0 Å².